The zero-order chi connectivity index (χ0) is 9.97. The lowest BCUT2D eigenvalue weighted by Gasteiger charge is -1.95. The topological polar surface area (TPSA) is 36.1 Å². The summed E-state index contributed by atoms with van der Waals surface area (Å²) >= 11 is 5.97. The maximum absolute atomic E-state index is 8.60. The summed E-state index contributed by atoms with van der Waals surface area (Å²) < 4.78 is 0. The zero-order valence-corrected chi connectivity index (χ0v) is 8.33. The lowest BCUT2D eigenvalue weighted by molar-refractivity contribution is 1.21. The van der Waals surface area contributed by atoms with Crippen molar-refractivity contribution in [2.24, 2.45) is 10.9 Å². The Morgan fingerprint density at radius 2 is 2.00 bits per heavy atom. The standard InChI is InChI=1S/C11H9ClN2/c12-11(9-3-4-9)14-10-5-1-8(7-13)2-6-10/h1-2,5-6,9H,3-4H2. The third-order valence-corrected chi connectivity index (χ3v) is 2.54. The van der Waals surface area contributed by atoms with Gasteiger partial charge in [0, 0.05) is 5.92 Å². The van der Waals surface area contributed by atoms with E-state index in [1.54, 1.807) is 12.1 Å². The van der Waals surface area contributed by atoms with Crippen LogP contribution in [0.3, 0.4) is 0 Å². The van der Waals surface area contributed by atoms with Crippen LogP contribution in [0.1, 0.15) is 18.4 Å². The predicted octanol–water partition coefficient (Wildman–Crippen LogP) is 3.24. The van der Waals surface area contributed by atoms with E-state index in [9.17, 15) is 0 Å². The van der Waals surface area contributed by atoms with E-state index < -0.39 is 0 Å². The lowest BCUT2D eigenvalue weighted by atomic mass is 10.2. The fourth-order valence-electron chi connectivity index (χ4n) is 1.15. The Bertz CT molecular complexity index is 396. The highest BCUT2D eigenvalue weighted by Gasteiger charge is 2.26. The molecule has 0 unspecified atom stereocenters. The molecule has 0 atom stereocenters. The first-order chi connectivity index (χ1) is 6.79. The Morgan fingerprint density at radius 3 is 2.50 bits per heavy atom. The van der Waals surface area contributed by atoms with Crippen molar-refractivity contribution in [3.05, 3.63) is 29.8 Å². The van der Waals surface area contributed by atoms with Gasteiger partial charge in [0.25, 0.3) is 0 Å². The molecule has 14 heavy (non-hydrogen) atoms. The van der Waals surface area contributed by atoms with Gasteiger partial charge in [0.1, 0.15) is 5.17 Å². The number of aliphatic imine (C=N–C) groups is 1. The van der Waals surface area contributed by atoms with E-state index in [0.29, 0.717) is 16.7 Å². The Morgan fingerprint density at radius 1 is 1.36 bits per heavy atom. The number of nitrogens with zero attached hydrogens (tertiary/aromatic N) is 2. The smallest absolute Gasteiger partial charge is 0.110 e. The van der Waals surface area contributed by atoms with Gasteiger partial charge in [0.05, 0.1) is 17.3 Å². The van der Waals surface area contributed by atoms with Crippen molar-refractivity contribution in [3.8, 4) is 6.07 Å². The fraction of sp³-hybridized carbons (Fsp3) is 0.273. The molecule has 70 valence electrons. The minimum absolute atomic E-state index is 0.479. The quantitative estimate of drug-likeness (QED) is 0.682. The third-order valence-electron chi connectivity index (χ3n) is 2.15. The second-order valence-corrected chi connectivity index (χ2v) is 3.75. The van der Waals surface area contributed by atoms with Crippen molar-refractivity contribution < 1.29 is 0 Å². The molecule has 0 radical (unpaired) electrons. The largest absolute Gasteiger partial charge is 0.241 e. The molecule has 0 amide bonds. The van der Waals surface area contributed by atoms with Crippen molar-refractivity contribution in [2.75, 3.05) is 0 Å². The van der Waals surface area contributed by atoms with Gasteiger partial charge < -0.3 is 0 Å². The molecule has 0 aliphatic heterocycles. The minimum Gasteiger partial charge on any atom is -0.241 e. The van der Waals surface area contributed by atoms with Crippen molar-refractivity contribution in [2.45, 2.75) is 12.8 Å². The SMILES string of the molecule is N#Cc1ccc(N=C(Cl)C2CC2)cc1. The summed E-state index contributed by atoms with van der Waals surface area (Å²) in [5, 5.41) is 9.29. The molecule has 0 bridgehead atoms. The van der Waals surface area contributed by atoms with E-state index in [1.165, 1.54) is 0 Å². The van der Waals surface area contributed by atoms with Gasteiger partial charge in [-0.15, -0.1) is 0 Å². The zero-order valence-electron chi connectivity index (χ0n) is 7.57. The van der Waals surface area contributed by atoms with Gasteiger partial charge >= 0.3 is 0 Å². The molecule has 1 aliphatic carbocycles. The maximum Gasteiger partial charge on any atom is 0.110 e. The van der Waals surface area contributed by atoms with Gasteiger partial charge in [-0.05, 0) is 37.1 Å². The van der Waals surface area contributed by atoms with E-state index in [2.05, 4.69) is 11.1 Å². The second kappa shape index (κ2) is 3.81. The first-order valence-corrected chi connectivity index (χ1v) is 4.91. The van der Waals surface area contributed by atoms with Crippen LogP contribution in [-0.4, -0.2) is 5.17 Å². The summed E-state index contributed by atoms with van der Waals surface area (Å²) in [5.74, 6) is 0.479. The van der Waals surface area contributed by atoms with E-state index >= 15 is 0 Å². The Balaban J connectivity index is 2.17. The van der Waals surface area contributed by atoms with Crippen molar-refractivity contribution in [1.82, 2.24) is 0 Å². The highest BCUT2D eigenvalue weighted by molar-refractivity contribution is 6.66. The summed E-state index contributed by atoms with van der Waals surface area (Å²) in [4.78, 5) is 4.27. The van der Waals surface area contributed by atoms with Crippen LogP contribution >= 0.6 is 11.6 Å². The number of halogens is 1. The highest BCUT2D eigenvalue weighted by atomic mass is 35.5. The number of hydrogen-bond donors (Lipinski definition) is 0. The van der Waals surface area contributed by atoms with Crippen molar-refractivity contribution >= 4 is 22.5 Å². The van der Waals surface area contributed by atoms with E-state index in [1.807, 2.05) is 12.1 Å². The van der Waals surface area contributed by atoms with Crippen LogP contribution in [-0.2, 0) is 0 Å². The highest BCUT2D eigenvalue weighted by Crippen LogP contribution is 2.33. The van der Waals surface area contributed by atoms with Gasteiger partial charge in [0.2, 0.25) is 0 Å². The number of rotatable bonds is 2. The van der Waals surface area contributed by atoms with Crippen LogP contribution in [0.25, 0.3) is 0 Å². The van der Waals surface area contributed by atoms with Crippen LogP contribution in [0, 0.1) is 17.2 Å². The summed E-state index contributed by atoms with van der Waals surface area (Å²) in [6.45, 7) is 0. The number of nitriles is 1. The molecule has 1 aromatic carbocycles. The van der Waals surface area contributed by atoms with Gasteiger partial charge in [-0.2, -0.15) is 5.26 Å². The molecule has 1 aliphatic rings. The molecule has 3 heteroatoms. The third kappa shape index (κ3) is 2.12. The number of hydrogen-bond acceptors (Lipinski definition) is 2. The molecule has 2 rings (SSSR count). The number of benzene rings is 1. The molecule has 0 N–H and O–H groups in total. The monoisotopic (exact) mass is 204 g/mol. The predicted molar refractivity (Wildman–Crippen MR) is 56.8 cm³/mol. The molecule has 1 saturated carbocycles. The van der Waals surface area contributed by atoms with Crippen molar-refractivity contribution in [1.29, 1.82) is 5.26 Å². The average molecular weight is 205 g/mol. The first kappa shape index (κ1) is 9.23. The summed E-state index contributed by atoms with van der Waals surface area (Å²) in [6.07, 6.45) is 2.30. The molecular formula is C11H9ClN2. The van der Waals surface area contributed by atoms with Crippen LogP contribution < -0.4 is 0 Å². The molecule has 0 spiro atoms. The van der Waals surface area contributed by atoms with E-state index in [-0.39, 0.29) is 0 Å². The lowest BCUT2D eigenvalue weighted by Crippen LogP contribution is -1.87. The van der Waals surface area contributed by atoms with Gasteiger partial charge in [-0.3, -0.25) is 0 Å². The normalized spacial score (nSPS) is 16.4. The van der Waals surface area contributed by atoms with Gasteiger partial charge in [0.15, 0.2) is 0 Å². The molecule has 0 saturated heterocycles. The second-order valence-electron chi connectivity index (χ2n) is 3.37. The maximum atomic E-state index is 8.60. The minimum atomic E-state index is 0.479. The Hall–Kier alpha value is -1.33. The molecular weight excluding hydrogens is 196 g/mol. The summed E-state index contributed by atoms with van der Waals surface area (Å²) in [5.41, 5.74) is 1.47. The fourth-order valence-corrected chi connectivity index (χ4v) is 1.46. The van der Waals surface area contributed by atoms with Crippen molar-refractivity contribution in [3.63, 3.8) is 0 Å². The first-order valence-electron chi connectivity index (χ1n) is 4.54. The van der Waals surface area contributed by atoms with Crippen LogP contribution in [0.4, 0.5) is 5.69 Å². The Kier molecular flexibility index (Phi) is 2.51. The summed E-state index contributed by atoms with van der Waals surface area (Å²) in [7, 11) is 0. The molecule has 1 fully saturated rings. The molecule has 1 aromatic rings. The van der Waals surface area contributed by atoms with E-state index in [0.717, 1.165) is 18.5 Å². The molecule has 0 aromatic heterocycles. The van der Waals surface area contributed by atoms with Gasteiger partial charge in [-0.1, -0.05) is 11.6 Å². The van der Waals surface area contributed by atoms with E-state index in [4.69, 9.17) is 16.9 Å². The van der Waals surface area contributed by atoms with Gasteiger partial charge in [-0.25, -0.2) is 4.99 Å². The summed E-state index contributed by atoms with van der Waals surface area (Å²) in [6, 6.07) is 9.17. The molecule has 2 nitrogen and oxygen atoms in total. The Labute approximate surface area is 87.8 Å². The molecule has 0 heterocycles. The average Bonchev–Trinajstić information content (AvgIpc) is 3.02. The van der Waals surface area contributed by atoms with Crippen LogP contribution in [0.15, 0.2) is 29.3 Å². The van der Waals surface area contributed by atoms with Crippen LogP contribution in [0.5, 0.6) is 0 Å². The van der Waals surface area contributed by atoms with Crippen LogP contribution in [0.2, 0.25) is 0 Å².